The summed E-state index contributed by atoms with van der Waals surface area (Å²) in [6.45, 7) is 1.06. The van der Waals surface area contributed by atoms with Gasteiger partial charge in [0, 0.05) is 11.8 Å². The first-order valence-electron chi connectivity index (χ1n) is 5.68. The zero-order chi connectivity index (χ0) is 13.8. The molecule has 1 aromatic carbocycles. The summed E-state index contributed by atoms with van der Waals surface area (Å²) in [5.74, 6) is 0.632. The highest BCUT2D eigenvalue weighted by atomic mass is 32.2. The maximum Gasteiger partial charge on any atom is 0.157 e. The molecule has 2 atom stereocenters. The molecule has 0 bridgehead atoms. The first-order valence-corrected chi connectivity index (χ1v) is 7.39. The van der Waals surface area contributed by atoms with Crippen LogP contribution >= 0.6 is 0 Å². The number of benzene rings is 1. The van der Waals surface area contributed by atoms with Gasteiger partial charge >= 0.3 is 0 Å². The van der Waals surface area contributed by atoms with Crippen molar-refractivity contribution in [2.45, 2.75) is 18.2 Å². The highest BCUT2D eigenvalue weighted by Crippen LogP contribution is 2.22. The zero-order valence-corrected chi connectivity index (χ0v) is 11.4. The first-order chi connectivity index (χ1) is 8.46. The Bertz CT molecular complexity index is 469. The van der Waals surface area contributed by atoms with E-state index in [9.17, 15) is 13.5 Å². The minimum Gasteiger partial charge on any atom is -0.497 e. The molecule has 18 heavy (non-hydrogen) atoms. The van der Waals surface area contributed by atoms with Crippen LogP contribution in [0.2, 0.25) is 0 Å². The van der Waals surface area contributed by atoms with Gasteiger partial charge in [0.15, 0.2) is 9.84 Å². The standard InChI is InChI=1S/C12H19NO4S/c1-3-18(15,16)11(8-14)12(13)9-4-6-10(17-2)7-5-9/h4-7,11-12,14H,3,8,13H2,1-2H3. The fraction of sp³-hybridized carbons (Fsp3) is 0.500. The molecule has 2 unspecified atom stereocenters. The summed E-state index contributed by atoms with van der Waals surface area (Å²) >= 11 is 0. The molecule has 1 aromatic rings. The van der Waals surface area contributed by atoms with Crippen molar-refractivity contribution >= 4 is 9.84 Å². The number of aliphatic hydroxyl groups is 1. The minimum atomic E-state index is -3.38. The average Bonchev–Trinajstić information content (AvgIpc) is 2.39. The third kappa shape index (κ3) is 3.22. The lowest BCUT2D eigenvalue weighted by Crippen LogP contribution is -2.37. The third-order valence-corrected chi connectivity index (χ3v) is 5.11. The summed E-state index contributed by atoms with van der Waals surface area (Å²) in [6, 6.07) is 6.09. The Labute approximate surface area is 107 Å². The molecule has 0 heterocycles. The maximum atomic E-state index is 11.8. The molecule has 0 aliphatic rings. The highest BCUT2D eigenvalue weighted by molar-refractivity contribution is 7.92. The number of hydrogen-bond donors (Lipinski definition) is 2. The summed E-state index contributed by atoms with van der Waals surface area (Å²) in [6.07, 6.45) is 0. The second-order valence-corrected chi connectivity index (χ2v) is 6.48. The van der Waals surface area contributed by atoms with Crippen LogP contribution in [-0.4, -0.2) is 38.2 Å². The fourth-order valence-corrected chi connectivity index (χ4v) is 2.96. The summed E-state index contributed by atoms with van der Waals surface area (Å²) in [4.78, 5) is 0. The van der Waals surface area contributed by atoms with Gasteiger partial charge in [0.25, 0.3) is 0 Å². The predicted molar refractivity (Wildman–Crippen MR) is 70.3 cm³/mol. The number of aliphatic hydroxyl groups excluding tert-OH is 1. The van der Waals surface area contributed by atoms with Crippen LogP contribution in [-0.2, 0) is 9.84 Å². The van der Waals surface area contributed by atoms with E-state index in [4.69, 9.17) is 10.5 Å². The Hall–Kier alpha value is -1.11. The normalized spacial score (nSPS) is 15.1. The summed E-state index contributed by atoms with van der Waals surface area (Å²) < 4.78 is 28.6. The van der Waals surface area contributed by atoms with E-state index in [1.165, 1.54) is 0 Å². The average molecular weight is 273 g/mol. The molecule has 0 spiro atoms. The number of ether oxygens (including phenoxy) is 1. The Kier molecular flexibility index (Phi) is 5.13. The maximum absolute atomic E-state index is 11.8. The van der Waals surface area contributed by atoms with Crippen molar-refractivity contribution in [2.24, 2.45) is 5.73 Å². The molecule has 0 aliphatic carbocycles. The quantitative estimate of drug-likeness (QED) is 0.787. The van der Waals surface area contributed by atoms with Crippen molar-refractivity contribution in [1.82, 2.24) is 0 Å². The van der Waals surface area contributed by atoms with Crippen LogP contribution in [0.25, 0.3) is 0 Å². The molecule has 6 heteroatoms. The van der Waals surface area contributed by atoms with E-state index in [1.807, 2.05) is 0 Å². The smallest absolute Gasteiger partial charge is 0.157 e. The van der Waals surface area contributed by atoms with Gasteiger partial charge in [-0.15, -0.1) is 0 Å². The number of methoxy groups -OCH3 is 1. The Morgan fingerprint density at radius 2 is 1.89 bits per heavy atom. The number of hydrogen-bond acceptors (Lipinski definition) is 5. The number of sulfone groups is 1. The Morgan fingerprint density at radius 1 is 1.33 bits per heavy atom. The molecule has 0 amide bonds. The monoisotopic (exact) mass is 273 g/mol. The van der Waals surface area contributed by atoms with Crippen LogP contribution in [0, 0.1) is 0 Å². The molecular formula is C12H19NO4S. The van der Waals surface area contributed by atoms with Gasteiger partial charge in [-0.25, -0.2) is 8.42 Å². The first kappa shape index (κ1) is 14.9. The van der Waals surface area contributed by atoms with Crippen molar-refractivity contribution in [3.8, 4) is 5.75 Å². The van der Waals surface area contributed by atoms with Crippen LogP contribution in [0.3, 0.4) is 0 Å². The van der Waals surface area contributed by atoms with E-state index in [2.05, 4.69) is 0 Å². The van der Waals surface area contributed by atoms with Gasteiger partial charge in [0.2, 0.25) is 0 Å². The van der Waals surface area contributed by atoms with E-state index in [-0.39, 0.29) is 5.75 Å². The van der Waals surface area contributed by atoms with E-state index in [1.54, 1.807) is 38.3 Å². The number of nitrogens with two attached hydrogens (primary N) is 1. The minimum absolute atomic E-state index is 0.0396. The molecule has 3 N–H and O–H groups in total. The van der Waals surface area contributed by atoms with Gasteiger partial charge in [0.05, 0.1) is 13.7 Å². The van der Waals surface area contributed by atoms with Crippen molar-refractivity contribution < 1.29 is 18.3 Å². The lowest BCUT2D eigenvalue weighted by atomic mass is 10.0. The zero-order valence-electron chi connectivity index (χ0n) is 10.5. The lowest BCUT2D eigenvalue weighted by molar-refractivity contribution is 0.277. The van der Waals surface area contributed by atoms with Gasteiger partial charge in [-0.3, -0.25) is 0 Å². The largest absolute Gasteiger partial charge is 0.497 e. The molecule has 0 saturated heterocycles. The van der Waals surface area contributed by atoms with E-state index >= 15 is 0 Å². The molecular weight excluding hydrogens is 254 g/mol. The fourth-order valence-electron chi connectivity index (χ4n) is 1.71. The van der Waals surface area contributed by atoms with Crippen molar-refractivity contribution in [3.63, 3.8) is 0 Å². The molecule has 0 fully saturated rings. The van der Waals surface area contributed by atoms with Crippen molar-refractivity contribution in [1.29, 1.82) is 0 Å². The van der Waals surface area contributed by atoms with Crippen LogP contribution in [0.1, 0.15) is 18.5 Å². The Morgan fingerprint density at radius 3 is 2.28 bits per heavy atom. The second kappa shape index (κ2) is 6.17. The van der Waals surface area contributed by atoms with E-state index in [0.717, 1.165) is 0 Å². The van der Waals surface area contributed by atoms with E-state index < -0.39 is 27.7 Å². The van der Waals surface area contributed by atoms with Crippen molar-refractivity contribution in [3.05, 3.63) is 29.8 Å². The molecule has 0 aromatic heterocycles. The Balaban J connectivity index is 3.00. The van der Waals surface area contributed by atoms with Gasteiger partial charge in [-0.1, -0.05) is 19.1 Å². The third-order valence-electron chi connectivity index (χ3n) is 2.94. The summed E-state index contributed by atoms with van der Waals surface area (Å²) in [5, 5.41) is 8.27. The van der Waals surface area contributed by atoms with Crippen LogP contribution in [0.4, 0.5) is 0 Å². The molecule has 5 nitrogen and oxygen atoms in total. The van der Waals surface area contributed by atoms with Crippen LogP contribution < -0.4 is 10.5 Å². The van der Waals surface area contributed by atoms with Gasteiger partial charge in [-0.2, -0.15) is 0 Å². The molecule has 0 saturated carbocycles. The SMILES string of the molecule is CCS(=O)(=O)C(CO)C(N)c1ccc(OC)cc1. The van der Waals surface area contributed by atoms with Crippen LogP contribution in [0.15, 0.2) is 24.3 Å². The number of rotatable bonds is 6. The molecule has 102 valence electrons. The topological polar surface area (TPSA) is 89.6 Å². The second-order valence-electron chi connectivity index (χ2n) is 3.97. The summed E-state index contributed by atoms with van der Waals surface area (Å²) in [7, 11) is -1.83. The molecule has 0 aliphatic heterocycles. The lowest BCUT2D eigenvalue weighted by Gasteiger charge is -2.22. The predicted octanol–water partition coefficient (Wildman–Crippen LogP) is 0.491. The summed E-state index contributed by atoms with van der Waals surface area (Å²) in [5.41, 5.74) is 6.58. The molecule has 0 radical (unpaired) electrons. The van der Waals surface area contributed by atoms with E-state index in [0.29, 0.717) is 11.3 Å². The van der Waals surface area contributed by atoms with Gasteiger partial charge in [-0.05, 0) is 17.7 Å². The molecule has 1 rings (SSSR count). The highest BCUT2D eigenvalue weighted by Gasteiger charge is 2.30. The van der Waals surface area contributed by atoms with Crippen molar-refractivity contribution in [2.75, 3.05) is 19.5 Å². The van der Waals surface area contributed by atoms with Gasteiger partial charge < -0.3 is 15.6 Å². The van der Waals surface area contributed by atoms with Gasteiger partial charge in [0.1, 0.15) is 11.0 Å². The van der Waals surface area contributed by atoms with Crippen LogP contribution in [0.5, 0.6) is 5.75 Å².